The third-order valence-corrected chi connectivity index (χ3v) is 3.52. The Hall–Kier alpha value is -0.680. The molecule has 1 fully saturated rings. The van der Waals surface area contributed by atoms with Crippen LogP contribution in [-0.2, 0) is 4.74 Å². The number of hydrogen-bond acceptors (Lipinski definition) is 3. The smallest absolute Gasteiger partial charge is 0.236 e. The van der Waals surface area contributed by atoms with Crippen molar-refractivity contribution >= 4 is 21.6 Å². The summed E-state index contributed by atoms with van der Waals surface area (Å²) >= 11 is 3.33. The van der Waals surface area contributed by atoms with E-state index in [0.29, 0.717) is 5.69 Å². The molecule has 0 atom stereocenters. The van der Waals surface area contributed by atoms with E-state index < -0.39 is 5.95 Å². The largest absolute Gasteiger partial charge is 0.372 e. The molecule has 0 saturated carbocycles. The molecule has 0 aromatic carbocycles. The normalized spacial score (nSPS) is 17.8. The highest BCUT2D eigenvalue weighted by atomic mass is 79.9. The summed E-state index contributed by atoms with van der Waals surface area (Å²) in [7, 11) is 0. The Morgan fingerprint density at radius 3 is 2.58 bits per heavy atom. The second kappa shape index (κ2) is 5.75. The van der Waals surface area contributed by atoms with Crippen molar-refractivity contribution in [2.24, 2.45) is 0 Å². The highest BCUT2D eigenvalue weighted by molar-refractivity contribution is 9.10. The summed E-state index contributed by atoms with van der Waals surface area (Å²) in [4.78, 5) is 5.78. The van der Waals surface area contributed by atoms with Crippen molar-refractivity contribution in [2.75, 3.05) is 18.0 Å². The van der Waals surface area contributed by atoms with E-state index in [2.05, 4.69) is 41.7 Å². The lowest BCUT2D eigenvalue weighted by molar-refractivity contribution is -0.0683. The molecule has 5 heteroatoms. The van der Waals surface area contributed by atoms with E-state index in [0.717, 1.165) is 30.4 Å². The molecule has 1 aliphatic heterocycles. The van der Waals surface area contributed by atoms with Gasteiger partial charge in [0.25, 0.3) is 0 Å². The second-order valence-electron chi connectivity index (χ2n) is 5.88. The Balaban J connectivity index is 1.98. The molecule has 1 saturated heterocycles. The zero-order chi connectivity index (χ0) is 14.0. The van der Waals surface area contributed by atoms with Crippen molar-refractivity contribution < 1.29 is 9.13 Å². The van der Waals surface area contributed by atoms with Gasteiger partial charge >= 0.3 is 0 Å². The molecule has 1 aliphatic rings. The lowest BCUT2D eigenvalue weighted by Crippen LogP contribution is -2.40. The number of hydrogen-bond donors (Lipinski definition) is 0. The van der Waals surface area contributed by atoms with E-state index in [4.69, 9.17) is 4.74 Å². The summed E-state index contributed by atoms with van der Waals surface area (Å²) in [5.74, 6) is -0.404. The zero-order valence-electron chi connectivity index (χ0n) is 11.6. The first-order valence-corrected chi connectivity index (χ1v) is 7.38. The van der Waals surface area contributed by atoms with Crippen LogP contribution in [0.2, 0.25) is 0 Å². The van der Waals surface area contributed by atoms with Gasteiger partial charge in [-0.2, -0.15) is 4.39 Å². The van der Waals surface area contributed by atoms with Gasteiger partial charge < -0.3 is 9.64 Å². The van der Waals surface area contributed by atoms with Crippen LogP contribution in [0.3, 0.4) is 0 Å². The predicted molar refractivity (Wildman–Crippen MR) is 78.0 cm³/mol. The Kier molecular flexibility index (Phi) is 4.46. The van der Waals surface area contributed by atoms with Crippen LogP contribution in [0.25, 0.3) is 0 Å². The van der Waals surface area contributed by atoms with Crippen LogP contribution in [0.5, 0.6) is 0 Å². The minimum absolute atomic E-state index is 0.116. The Bertz CT molecular complexity index is 440. The molecule has 0 bridgehead atoms. The number of pyridine rings is 1. The number of rotatable bonds is 2. The van der Waals surface area contributed by atoms with Gasteiger partial charge in [-0.15, -0.1) is 0 Å². The van der Waals surface area contributed by atoms with Crippen LogP contribution in [0, 0.1) is 5.95 Å². The maximum atomic E-state index is 13.7. The van der Waals surface area contributed by atoms with Gasteiger partial charge in [0.05, 0.1) is 17.4 Å². The molecule has 0 amide bonds. The number of aromatic nitrogens is 1. The van der Waals surface area contributed by atoms with Gasteiger partial charge in [0.15, 0.2) is 0 Å². The lowest BCUT2D eigenvalue weighted by Gasteiger charge is -2.36. The van der Waals surface area contributed by atoms with Gasteiger partial charge in [0, 0.05) is 23.8 Å². The Morgan fingerprint density at radius 1 is 1.37 bits per heavy atom. The van der Waals surface area contributed by atoms with Crippen molar-refractivity contribution in [3.8, 4) is 0 Å². The molecular formula is C14H20BrFN2O. The van der Waals surface area contributed by atoms with Crippen LogP contribution in [0.4, 0.5) is 10.1 Å². The van der Waals surface area contributed by atoms with Crippen LogP contribution in [0.15, 0.2) is 16.7 Å². The standard InChI is InChI=1S/C14H20BrFN2O/c1-14(2,3)19-11-4-6-18(7-5-11)12-8-10(15)9-17-13(12)16/h8-9,11H,4-7H2,1-3H3. The van der Waals surface area contributed by atoms with Crippen molar-refractivity contribution in [1.82, 2.24) is 4.98 Å². The molecule has 0 aliphatic carbocycles. The van der Waals surface area contributed by atoms with Crippen LogP contribution in [0.1, 0.15) is 33.6 Å². The third-order valence-electron chi connectivity index (χ3n) is 3.09. The predicted octanol–water partition coefficient (Wildman–Crippen LogP) is 3.77. The van der Waals surface area contributed by atoms with E-state index in [9.17, 15) is 4.39 Å². The Morgan fingerprint density at radius 2 is 2.00 bits per heavy atom. The molecule has 1 aromatic rings. The van der Waals surface area contributed by atoms with E-state index in [1.54, 1.807) is 6.07 Å². The summed E-state index contributed by atoms with van der Waals surface area (Å²) in [6.45, 7) is 7.80. The summed E-state index contributed by atoms with van der Waals surface area (Å²) < 4.78 is 20.5. The second-order valence-corrected chi connectivity index (χ2v) is 6.80. The third kappa shape index (κ3) is 4.14. The quantitative estimate of drug-likeness (QED) is 0.772. The summed E-state index contributed by atoms with van der Waals surface area (Å²) in [6.07, 6.45) is 3.58. The number of ether oxygens (including phenoxy) is 1. The maximum absolute atomic E-state index is 13.7. The van der Waals surface area contributed by atoms with Gasteiger partial charge in [-0.05, 0) is 55.6 Å². The van der Waals surface area contributed by atoms with Crippen molar-refractivity contribution in [3.63, 3.8) is 0 Å². The highest BCUT2D eigenvalue weighted by Gasteiger charge is 2.25. The average Bonchev–Trinajstić information content (AvgIpc) is 2.31. The first-order valence-electron chi connectivity index (χ1n) is 6.59. The summed E-state index contributed by atoms with van der Waals surface area (Å²) in [5, 5.41) is 0. The number of halogens is 2. The average molecular weight is 331 g/mol. The van der Waals surface area contributed by atoms with E-state index >= 15 is 0 Å². The van der Waals surface area contributed by atoms with Gasteiger partial charge in [0.1, 0.15) is 0 Å². The fraction of sp³-hybridized carbons (Fsp3) is 0.643. The molecule has 2 rings (SSSR count). The van der Waals surface area contributed by atoms with Gasteiger partial charge in [-0.25, -0.2) is 4.98 Å². The highest BCUT2D eigenvalue weighted by Crippen LogP contribution is 2.27. The molecule has 0 radical (unpaired) electrons. The summed E-state index contributed by atoms with van der Waals surface area (Å²) in [6, 6.07) is 1.78. The Labute approximate surface area is 122 Å². The van der Waals surface area contributed by atoms with Crippen molar-refractivity contribution in [2.45, 2.75) is 45.3 Å². The molecule has 0 N–H and O–H groups in total. The monoisotopic (exact) mass is 330 g/mol. The number of piperidine rings is 1. The van der Waals surface area contributed by atoms with Gasteiger partial charge in [0.2, 0.25) is 5.95 Å². The number of anilines is 1. The molecule has 3 nitrogen and oxygen atoms in total. The lowest BCUT2D eigenvalue weighted by atomic mass is 10.1. The van der Waals surface area contributed by atoms with Crippen molar-refractivity contribution in [1.29, 1.82) is 0 Å². The van der Waals surface area contributed by atoms with E-state index in [1.807, 2.05) is 4.90 Å². The van der Waals surface area contributed by atoms with Crippen LogP contribution >= 0.6 is 15.9 Å². The van der Waals surface area contributed by atoms with Crippen LogP contribution in [-0.4, -0.2) is 29.8 Å². The topological polar surface area (TPSA) is 25.4 Å². The van der Waals surface area contributed by atoms with Gasteiger partial charge in [-0.3, -0.25) is 0 Å². The number of nitrogens with zero attached hydrogens (tertiary/aromatic N) is 2. The maximum Gasteiger partial charge on any atom is 0.236 e. The first kappa shape index (κ1) is 14.7. The first-order chi connectivity index (χ1) is 8.85. The van der Waals surface area contributed by atoms with E-state index in [1.165, 1.54) is 6.20 Å². The summed E-state index contributed by atoms with van der Waals surface area (Å²) in [5.41, 5.74) is 0.457. The molecule has 2 heterocycles. The van der Waals surface area contributed by atoms with Crippen molar-refractivity contribution in [3.05, 3.63) is 22.7 Å². The van der Waals surface area contributed by atoms with Gasteiger partial charge in [-0.1, -0.05) is 0 Å². The zero-order valence-corrected chi connectivity index (χ0v) is 13.2. The van der Waals surface area contributed by atoms with Crippen LogP contribution < -0.4 is 4.90 Å². The molecule has 0 spiro atoms. The molecule has 19 heavy (non-hydrogen) atoms. The fourth-order valence-corrected chi connectivity index (χ4v) is 2.67. The molecule has 1 aromatic heterocycles. The molecule has 106 valence electrons. The minimum atomic E-state index is -0.404. The van der Waals surface area contributed by atoms with E-state index in [-0.39, 0.29) is 11.7 Å². The molecular weight excluding hydrogens is 311 g/mol. The fourth-order valence-electron chi connectivity index (χ4n) is 2.35. The minimum Gasteiger partial charge on any atom is -0.372 e. The molecule has 0 unspecified atom stereocenters. The SMILES string of the molecule is CC(C)(C)OC1CCN(c2cc(Br)cnc2F)CC1.